The monoisotopic (exact) mass is 624 g/mol. The largest absolute Gasteiger partial charge is 0.491 e. The van der Waals surface area contributed by atoms with Crippen LogP contribution < -0.4 is 10.1 Å². The SMILES string of the molecule is Cc1ccccc1C1=CC=CC(COc2ccc(CNC(CO)(CO)CO)cc2Cl)(c2nnc(CN3CCC(O)C3)o2)[C@@H]1C. The lowest BCUT2D eigenvalue weighted by atomic mass is 9.68. The summed E-state index contributed by atoms with van der Waals surface area (Å²) in [6.07, 6.45) is 6.57. The molecule has 11 heteroatoms. The lowest BCUT2D eigenvalue weighted by Gasteiger charge is -2.37. The zero-order valence-corrected chi connectivity index (χ0v) is 25.9. The van der Waals surface area contributed by atoms with E-state index in [1.807, 2.05) is 24.3 Å². The minimum atomic E-state index is -1.20. The summed E-state index contributed by atoms with van der Waals surface area (Å²) in [5.74, 6) is 1.31. The van der Waals surface area contributed by atoms with Gasteiger partial charge in [-0.05, 0) is 47.7 Å². The highest BCUT2D eigenvalue weighted by Crippen LogP contribution is 2.45. The zero-order chi connectivity index (χ0) is 31.3. The van der Waals surface area contributed by atoms with Gasteiger partial charge in [0.05, 0.1) is 43.0 Å². The van der Waals surface area contributed by atoms with Crippen LogP contribution in [0.1, 0.15) is 41.8 Å². The predicted octanol–water partition coefficient (Wildman–Crippen LogP) is 3.01. The van der Waals surface area contributed by atoms with Crippen molar-refractivity contribution in [3.05, 3.63) is 94.2 Å². The maximum Gasteiger partial charge on any atom is 0.230 e. The maximum absolute atomic E-state index is 9.96. The third-order valence-electron chi connectivity index (χ3n) is 8.87. The Morgan fingerprint density at radius 2 is 1.91 bits per heavy atom. The van der Waals surface area contributed by atoms with Gasteiger partial charge in [0.25, 0.3) is 0 Å². The molecule has 0 radical (unpaired) electrons. The van der Waals surface area contributed by atoms with Crippen molar-refractivity contribution in [2.75, 3.05) is 39.5 Å². The van der Waals surface area contributed by atoms with Gasteiger partial charge < -0.3 is 34.9 Å². The van der Waals surface area contributed by atoms with E-state index in [1.165, 1.54) is 0 Å². The fourth-order valence-corrected chi connectivity index (χ4v) is 6.09. The Bertz CT molecular complexity index is 1480. The van der Waals surface area contributed by atoms with Crippen molar-refractivity contribution in [3.63, 3.8) is 0 Å². The second-order valence-electron chi connectivity index (χ2n) is 11.9. The number of halogens is 1. The molecule has 3 aromatic rings. The van der Waals surface area contributed by atoms with Crippen LogP contribution in [0.4, 0.5) is 0 Å². The average molecular weight is 625 g/mol. The minimum Gasteiger partial charge on any atom is -0.491 e. The van der Waals surface area contributed by atoms with E-state index < -0.39 is 30.8 Å². The third kappa shape index (κ3) is 6.77. The first-order chi connectivity index (χ1) is 21.2. The first kappa shape index (κ1) is 32.3. The van der Waals surface area contributed by atoms with E-state index in [4.69, 9.17) is 20.8 Å². The number of β-amino-alcohol motifs (C(OH)–C–C–N with tert-alkyl or cyclic N) is 1. The summed E-state index contributed by atoms with van der Waals surface area (Å²) in [6, 6.07) is 13.6. The Morgan fingerprint density at radius 3 is 2.59 bits per heavy atom. The number of hydrogen-bond acceptors (Lipinski definition) is 10. The summed E-state index contributed by atoms with van der Waals surface area (Å²) in [7, 11) is 0. The Balaban J connectivity index is 1.40. The molecule has 1 aliphatic heterocycles. The molecule has 5 N–H and O–H groups in total. The molecule has 0 bridgehead atoms. The van der Waals surface area contributed by atoms with E-state index in [0.29, 0.717) is 35.6 Å². The van der Waals surface area contributed by atoms with Crippen LogP contribution in [0.5, 0.6) is 5.75 Å². The average Bonchev–Trinajstić information content (AvgIpc) is 3.68. The molecule has 2 aromatic carbocycles. The lowest BCUT2D eigenvalue weighted by molar-refractivity contribution is 0.0414. The van der Waals surface area contributed by atoms with E-state index in [9.17, 15) is 20.4 Å². The number of likely N-dealkylation sites (tertiary alicyclic amines) is 1. The minimum absolute atomic E-state index is 0.0960. The van der Waals surface area contributed by atoms with E-state index >= 15 is 0 Å². The van der Waals surface area contributed by atoms with Crippen LogP contribution in [0.25, 0.3) is 5.57 Å². The predicted molar refractivity (Wildman–Crippen MR) is 167 cm³/mol. The molecule has 1 aliphatic carbocycles. The number of rotatable bonds is 13. The van der Waals surface area contributed by atoms with E-state index in [-0.39, 0.29) is 25.2 Å². The number of aryl methyl sites for hydroxylation is 1. The highest BCUT2D eigenvalue weighted by molar-refractivity contribution is 6.32. The first-order valence-electron chi connectivity index (χ1n) is 14.9. The molecular formula is C33H41ClN4O6. The molecular weight excluding hydrogens is 584 g/mol. The Hall–Kier alpha value is -3.09. The smallest absolute Gasteiger partial charge is 0.230 e. The molecule has 0 spiro atoms. The van der Waals surface area contributed by atoms with Crippen molar-refractivity contribution < 1.29 is 29.6 Å². The number of aliphatic hydroxyl groups is 4. The molecule has 236 valence electrons. The molecule has 0 amide bonds. The maximum atomic E-state index is 9.96. The summed E-state index contributed by atoms with van der Waals surface area (Å²) in [5, 5.41) is 51.1. The van der Waals surface area contributed by atoms with Crippen LogP contribution in [-0.4, -0.2) is 86.7 Å². The molecule has 1 saturated heterocycles. The molecule has 2 heterocycles. The quantitative estimate of drug-likeness (QED) is 0.192. The topological polar surface area (TPSA) is 144 Å². The van der Waals surface area contributed by atoms with Gasteiger partial charge in [-0.15, -0.1) is 10.2 Å². The summed E-state index contributed by atoms with van der Waals surface area (Å²) >= 11 is 6.68. The lowest BCUT2D eigenvalue weighted by Crippen LogP contribution is -2.54. The van der Waals surface area contributed by atoms with Gasteiger partial charge in [-0.1, -0.05) is 67.1 Å². The molecule has 1 fully saturated rings. The molecule has 0 saturated carbocycles. The van der Waals surface area contributed by atoms with Gasteiger partial charge in [0.15, 0.2) is 0 Å². The van der Waals surface area contributed by atoms with Crippen LogP contribution >= 0.6 is 11.6 Å². The highest BCUT2D eigenvalue weighted by Gasteiger charge is 2.45. The number of benzene rings is 2. The number of aromatic nitrogens is 2. The van der Waals surface area contributed by atoms with Gasteiger partial charge in [0.2, 0.25) is 11.8 Å². The molecule has 44 heavy (non-hydrogen) atoms. The Labute approximate surface area is 262 Å². The summed E-state index contributed by atoms with van der Waals surface area (Å²) in [4.78, 5) is 2.10. The number of allylic oxidation sites excluding steroid dienone is 3. The summed E-state index contributed by atoms with van der Waals surface area (Å²) in [5.41, 5.74) is 2.23. The van der Waals surface area contributed by atoms with E-state index in [0.717, 1.165) is 35.2 Å². The van der Waals surface area contributed by atoms with Crippen molar-refractivity contribution >= 4 is 17.2 Å². The second kappa shape index (κ2) is 13.9. The Morgan fingerprint density at radius 1 is 1.14 bits per heavy atom. The fraction of sp³-hybridized carbons (Fsp3) is 0.455. The first-order valence-corrected chi connectivity index (χ1v) is 15.3. The van der Waals surface area contributed by atoms with Gasteiger partial charge in [-0.2, -0.15) is 0 Å². The zero-order valence-electron chi connectivity index (χ0n) is 25.1. The number of aliphatic hydroxyl groups excluding tert-OH is 4. The highest BCUT2D eigenvalue weighted by atomic mass is 35.5. The van der Waals surface area contributed by atoms with Gasteiger partial charge in [-0.3, -0.25) is 4.90 Å². The van der Waals surface area contributed by atoms with Crippen molar-refractivity contribution in [1.29, 1.82) is 0 Å². The van der Waals surface area contributed by atoms with Crippen LogP contribution in [0.2, 0.25) is 5.02 Å². The van der Waals surface area contributed by atoms with E-state index in [2.05, 4.69) is 58.5 Å². The molecule has 2 unspecified atom stereocenters. The molecule has 2 aliphatic rings. The van der Waals surface area contributed by atoms with Gasteiger partial charge in [0.1, 0.15) is 17.8 Å². The van der Waals surface area contributed by atoms with Crippen LogP contribution in [0.15, 0.2) is 65.1 Å². The van der Waals surface area contributed by atoms with Gasteiger partial charge in [-0.25, -0.2) is 0 Å². The van der Waals surface area contributed by atoms with Crippen LogP contribution in [0, 0.1) is 12.8 Å². The van der Waals surface area contributed by atoms with Crippen LogP contribution in [0.3, 0.4) is 0 Å². The third-order valence-corrected chi connectivity index (χ3v) is 9.17. The molecule has 1 aromatic heterocycles. The van der Waals surface area contributed by atoms with Crippen molar-refractivity contribution in [1.82, 2.24) is 20.4 Å². The standard InChI is InChI=1S/C33H41ClN4O6/c1-22-6-3-4-7-26(22)27-8-5-12-33(23(27)2,31-37-36-30(44-31)17-38-13-11-25(42)16-38)21-43-29-10-9-24(14-28(29)34)15-35-32(18-39,19-40)20-41/h3-10,12,14,23,25,35,39-42H,11,13,15-21H2,1-2H3/t23-,25?,33?/m1/s1. The van der Waals surface area contributed by atoms with Gasteiger partial charge >= 0.3 is 0 Å². The van der Waals surface area contributed by atoms with Crippen molar-refractivity contribution in [2.24, 2.45) is 5.92 Å². The normalized spacial score (nSPS) is 22.4. The molecule has 5 rings (SSSR count). The summed E-state index contributed by atoms with van der Waals surface area (Å²) in [6.45, 7) is 5.24. The van der Waals surface area contributed by atoms with E-state index in [1.54, 1.807) is 12.1 Å². The fourth-order valence-electron chi connectivity index (χ4n) is 5.83. The number of nitrogens with one attached hydrogen (secondary N) is 1. The molecule has 3 atom stereocenters. The number of hydrogen-bond donors (Lipinski definition) is 5. The molecule has 10 nitrogen and oxygen atoms in total. The Kier molecular flexibility index (Phi) is 10.2. The van der Waals surface area contributed by atoms with Crippen molar-refractivity contribution in [3.8, 4) is 5.75 Å². The van der Waals surface area contributed by atoms with Gasteiger partial charge in [0, 0.05) is 25.6 Å². The summed E-state index contributed by atoms with van der Waals surface area (Å²) < 4.78 is 12.8. The number of nitrogens with zero attached hydrogens (tertiary/aromatic N) is 3. The van der Waals surface area contributed by atoms with Crippen LogP contribution in [-0.2, 0) is 18.5 Å². The number of ether oxygens (including phenoxy) is 1. The van der Waals surface area contributed by atoms with Crippen molar-refractivity contribution in [2.45, 2.75) is 50.4 Å². The second-order valence-corrected chi connectivity index (χ2v) is 12.3.